The summed E-state index contributed by atoms with van der Waals surface area (Å²) in [6.07, 6.45) is 1.04. The minimum atomic E-state index is -0.404. The van der Waals surface area contributed by atoms with Crippen LogP contribution in [-0.4, -0.2) is 44.1 Å². The zero-order valence-electron chi connectivity index (χ0n) is 13.1. The fourth-order valence-corrected chi connectivity index (χ4v) is 2.04. The molecule has 0 fully saturated rings. The van der Waals surface area contributed by atoms with Crippen molar-refractivity contribution in [2.24, 2.45) is 0 Å². The molecule has 21 heavy (non-hydrogen) atoms. The predicted octanol–water partition coefficient (Wildman–Crippen LogP) is 1.96. The van der Waals surface area contributed by atoms with Gasteiger partial charge >= 0.3 is 5.97 Å². The highest BCUT2D eigenvalue weighted by atomic mass is 16.5. The average molecular weight is 293 g/mol. The average Bonchev–Trinajstić information content (AvgIpc) is 2.48. The number of hydrogen-bond donors (Lipinski definition) is 0. The highest BCUT2D eigenvalue weighted by molar-refractivity contribution is 5.83. The topological polar surface area (TPSA) is 55.8 Å². The van der Waals surface area contributed by atoms with Gasteiger partial charge in [0.15, 0.2) is 0 Å². The van der Waals surface area contributed by atoms with E-state index in [0.29, 0.717) is 6.54 Å². The lowest BCUT2D eigenvalue weighted by Gasteiger charge is -2.21. The molecule has 0 aliphatic carbocycles. The van der Waals surface area contributed by atoms with Gasteiger partial charge in [0, 0.05) is 6.54 Å². The fraction of sp³-hybridized carbons (Fsp3) is 0.500. The first-order valence-electron chi connectivity index (χ1n) is 6.99. The molecular weight excluding hydrogens is 270 g/mol. The molecule has 1 amide bonds. The zero-order valence-corrected chi connectivity index (χ0v) is 13.1. The van der Waals surface area contributed by atoms with Crippen LogP contribution in [0.15, 0.2) is 18.2 Å². The predicted molar refractivity (Wildman–Crippen MR) is 80.3 cm³/mol. The Morgan fingerprint density at radius 2 is 1.95 bits per heavy atom. The van der Waals surface area contributed by atoms with Gasteiger partial charge in [-0.25, -0.2) is 0 Å². The van der Waals surface area contributed by atoms with Crippen LogP contribution in [0.4, 0.5) is 0 Å². The Balaban J connectivity index is 2.78. The van der Waals surface area contributed by atoms with Crippen LogP contribution in [0.25, 0.3) is 0 Å². The van der Waals surface area contributed by atoms with Crippen LogP contribution in [-0.2, 0) is 20.7 Å². The molecule has 0 atom stereocenters. The van der Waals surface area contributed by atoms with Crippen LogP contribution >= 0.6 is 0 Å². The quantitative estimate of drug-likeness (QED) is 0.721. The maximum Gasteiger partial charge on any atom is 0.325 e. The lowest BCUT2D eigenvalue weighted by Crippen LogP contribution is -2.37. The summed E-state index contributed by atoms with van der Waals surface area (Å²) in [4.78, 5) is 25.2. The molecule has 1 aromatic rings. The van der Waals surface area contributed by atoms with Gasteiger partial charge in [0.05, 0.1) is 20.6 Å². The van der Waals surface area contributed by atoms with Gasteiger partial charge < -0.3 is 14.4 Å². The number of methoxy groups -OCH3 is 2. The SMILES string of the molecule is CCCN(CC(=O)OC)C(=O)Cc1ccc(C)c(OC)c1. The van der Waals surface area contributed by atoms with Gasteiger partial charge in [-0.05, 0) is 30.5 Å². The Kier molecular flexibility index (Phi) is 6.72. The molecular formula is C16H23NO4. The minimum absolute atomic E-state index is 0.00777. The van der Waals surface area contributed by atoms with E-state index in [0.717, 1.165) is 23.3 Å². The first-order valence-corrected chi connectivity index (χ1v) is 6.99. The second-order valence-electron chi connectivity index (χ2n) is 4.87. The van der Waals surface area contributed by atoms with Crippen LogP contribution in [0, 0.1) is 6.92 Å². The summed E-state index contributed by atoms with van der Waals surface area (Å²) in [5.41, 5.74) is 1.89. The fourth-order valence-electron chi connectivity index (χ4n) is 2.04. The monoisotopic (exact) mass is 293 g/mol. The lowest BCUT2D eigenvalue weighted by atomic mass is 10.1. The van der Waals surface area contributed by atoms with Crippen molar-refractivity contribution in [3.05, 3.63) is 29.3 Å². The Morgan fingerprint density at radius 1 is 1.24 bits per heavy atom. The summed E-state index contributed by atoms with van der Waals surface area (Å²) >= 11 is 0. The van der Waals surface area contributed by atoms with Crippen LogP contribution < -0.4 is 4.74 Å². The maximum atomic E-state index is 12.3. The maximum absolute atomic E-state index is 12.3. The number of ether oxygens (including phenoxy) is 2. The molecule has 0 radical (unpaired) electrons. The van der Waals surface area contributed by atoms with E-state index >= 15 is 0 Å². The smallest absolute Gasteiger partial charge is 0.325 e. The summed E-state index contributed by atoms with van der Waals surface area (Å²) in [5, 5.41) is 0. The van der Waals surface area contributed by atoms with E-state index in [-0.39, 0.29) is 18.9 Å². The number of carbonyl (C=O) groups is 2. The molecule has 5 heteroatoms. The Labute approximate surface area is 125 Å². The highest BCUT2D eigenvalue weighted by Crippen LogP contribution is 2.19. The minimum Gasteiger partial charge on any atom is -0.496 e. The summed E-state index contributed by atoms with van der Waals surface area (Å²) in [6, 6.07) is 5.68. The third-order valence-corrected chi connectivity index (χ3v) is 3.22. The lowest BCUT2D eigenvalue weighted by molar-refractivity contribution is -0.146. The molecule has 0 aromatic heterocycles. The first-order chi connectivity index (χ1) is 10.0. The Hall–Kier alpha value is -2.04. The molecule has 0 spiro atoms. The van der Waals surface area contributed by atoms with E-state index in [1.165, 1.54) is 12.0 Å². The summed E-state index contributed by atoms with van der Waals surface area (Å²) < 4.78 is 9.88. The molecule has 0 N–H and O–H groups in total. The molecule has 1 rings (SSSR count). The largest absolute Gasteiger partial charge is 0.496 e. The van der Waals surface area contributed by atoms with Crippen molar-refractivity contribution in [1.82, 2.24) is 4.90 Å². The number of benzene rings is 1. The van der Waals surface area contributed by atoms with Crippen LogP contribution in [0.3, 0.4) is 0 Å². The number of carbonyl (C=O) groups excluding carboxylic acids is 2. The third-order valence-electron chi connectivity index (χ3n) is 3.22. The first kappa shape index (κ1) is 17.0. The van der Waals surface area contributed by atoms with Crippen molar-refractivity contribution in [2.75, 3.05) is 27.3 Å². The highest BCUT2D eigenvalue weighted by Gasteiger charge is 2.17. The standard InChI is InChI=1S/C16H23NO4/c1-5-8-17(11-16(19)21-4)15(18)10-13-7-6-12(2)14(9-13)20-3/h6-7,9H,5,8,10-11H2,1-4H3. The van der Waals surface area contributed by atoms with E-state index in [1.54, 1.807) is 7.11 Å². The molecule has 0 saturated heterocycles. The molecule has 116 valence electrons. The van der Waals surface area contributed by atoms with Crippen LogP contribution in [0.1, 0.15) is 24.5 Å². The van der Waals surface area contributed by atoms with Gasteiger partial charge in [-0.1, -0.05) is 19.1 Å². The Bertz CT molecular complexity index is 499. The zero-order chi connectivity index (χ0) is 15.8. The molecule has 0 aliphatic heterocycles. The summed E-state index contributed by atoms with van der Waals surface area (Å²) in [6.45, 7) is 4.45. The van der Waals surface area contributed by atoms with E-state index in [2.05, 4.69) is 4.74 Å². The second kappa shape index (κ2) is 8.29. The number of hydrogen-bond acceptors (Lipinski definition) is 4. The van der Waals surface area contributed by atoms with Gasteiger partial charge in [0.1, 0.15) is 12.3 Å². The van der Waals surface area contributed by atoms with Crippen molar-refractivity contribution in [1.29, 1.82) is 0 Å². The van der Waals surface area contributed by atoms with E-state index < -0.39 is 5.97 Å². The molecule has 5 nitrogen and oxygen atoms in total. The van der Waals surface area contributed by atoms with Crippen molar-refractivity contribution in [2.45, 2.75) is 26.7 Å². The molecule has 1 aromatic carbocycles. The van der Waals surface area contributed by atoms with Gasteiger partial charge in [-0.15, -0.1) is 0 Å². The molecule has 0 saturated carbocycles. The summed E-state index contributed by atoms with van der Waals surface area (Å²) in [7, 11) is 2.93. The Morgan fingerprint density at radius 3 is 2.52 bits per heavy atom. The number of esters is 1. The van der Waals surface area contributed by atoms with Crippen LogP contribution in [0.2, 0.25) is 0 Å². The molecule has 0 unspecified atom stereocenters. The van der Waals surface area contributed by atoms with Crippen molar-refractivity contribution < 1.29 is 19.1 Å². The van der Waals surface area contributed by atoms with Gasteiger partial charge in [-0.3, -0.25) is 9.59 Å². The molecule has 0 bridgehead atoms. The molecule has 0 heterocycles. The van der Waals surface area contributed by atoms with Gasteiger partial charge in [-0.2, -0.15) is 0 Å². The van der Waals surface area contributed by atoms with E-state index in [4.69, 9.17) is 4.74 Å². The second-order valence-corrected chi connectivity index (χ2v) is 4.87. The number of nitrogens with zero attached hydrogens (tertiary/aromatic N) is 1. The number of aryl methyl sites for hydroxylation is 1. The molecule has 0 aliphatic rings. The van der Waals surface area contributed by atoms with Crippen LogP contribution in [0.5, 0.6) is 5.75 Å². The third kappa shape index (κ3) is 5.10. The van der Waals surface area contributed by atoms with Gasteiger partial charge in [0.25, 0.3) is 0 Å². The normalized spacial score (nSPS) is 10.1. The summed E-state index contributed by atoms with van der Waals surface area (Å²) in [5.74, 6) is 0.266. The number of rotatable bonds is 7. The van der Waals surface area contributed by atoms with E-state index in [1.807, 2.05) is 32.0 Å². The van der Waals surface area contributed by atoms with Crippen molar-refractivity contribution in [3.8, 4) is 5.75 Å². The number of amides is 1. The van der Waals surface area contributed by atoms with Crippen molar-refractivity contribution in [3.63, 3.8) is 0 Å². The van der Waals surface area contributed by atoms with E-state index in [9.17, 15) is 9.59 Å². The van der Waals surface area contributed by atoms with Gasteiger partial charge in [0.2, 0.25) is 5.91 Å². The van der Waals surface area contributed by atoms with Crippen molar-refractivity contribution >= 4 is 11.9 Å².